The monoisotopic (exact) mass is 275 g/mol. The maximum Gasteiger partial charge on any atom is 0.252 e. The molecule has 0 fully saturated rings. The zero-order chi connectivity index (χ0) is 12.8. The summed E-state index contributed by atoms with van der Waals surface area (Å²) in [7, 11) is -0.850. The summed E-state index contributed by atoms with van der Waals surface area (Å²) in [5.74, 6) is 0.204. The minimum atomic E-state index is -0.850. The van der Waals surface area contributed by atoms with Gasteiger partial charge in [-0.25, -0.2) is 0 Å². The highest BCUT2D eigenvalue weighted by Crippen LogP contribution is 2.20. The largest absolute Gasteiger partial charge is 0.508 e. The normalized spacial score (nSPS) is 12.1. The zero-order valence-corrected chi connectivity index (χ0v) is 11.0. The summed E-state index contributed by atoms with van der Waals surface area (Å²) in [6.45, 7) is 0.435. The zero-order valence-electron chi connectivity index (χ0n) is 9.40. The molecule has 0 saturated carbocycles. The van der Waals surface area contributed by atoms with E-state index in [0.717, 1.165) is 0 Å². The van der Waals surface area contributed by atoms with E-state index in [4.69, 9.17) is 11.6 Å². The number of phenols is 1. The van der Waals surface area contributed by atoms with Gasteiger partial charge in [0, 0.05) is 29.4 Å². The van der Waals surface area contributed by atoms with Crippen molar-refractivity contribution in [1.82, 2.24) is 5.32 Å². The Bertz CT molecular complexity index is 437. The van der Waals surface area contributed by atoms with E-state index >= 15 is 0 Å². The number of carbonyl (C=O) groups is 1. The van der Waals surface area contributed by atoms with Crippen LogP contribution in [0.25, 0.3) is 0 Å². The number of rotatable bonds is 5. The van der Waals surface area contributed by atoms with Gasteiger partial charge < -0.3 is 10.4 Å². The molecule has 17 heavy (non-hydrogen) atoms. The Morgan fingerprint density at radius 3 is 2.88 bits per heavy atom. The molecule has 0 heterocycles. The average molecular weight is 276 g/mol. The van der Waals surface area contributed by atoms with E-state index in [1.165, 1.54) is 18.2 Å². The third-order valence-electron chi connectivity index (χ3n) is 2.09. The number of hydrogen-bond donors (Lipinski definition) is 2. The molecule has 1 amide bonds. The van der Waals surface area contributed by atoms with Gasteiger partial charge in [0.05, 0.1) is 10.6 Å². The fraction of sp³-hybridized carbons (Fsp3) is 0.364. The van der Waals surface area contributed by atoms with Gasteiger partial charge in [-0.1, -0.05) is 11.6 Å². The van der Waals surface area contributed by atoms with Crippen molar-refractivity contribution in [3.8, 4) is 5.75 Å². The first-order chi connectivity index (χ1) is 8.00. The third kappa shape index (κ3) is 4.75. The van der Waals surface area contributed by atoms with Gasteiger partial charge in [0.1, 0.15) is 5.75 Å². The van der Waals surface area contributed by atoms with Gasteiger partial charge in [0.2, 0.25) is 0 Å². The second-order valence-corrected chi connectivity index (χ2v) is 5.51. The lowest BCUT2D eigenvalue weighted by molar-refractivity contribution is 0.0953. The minimum Gasteiger partial charge on any atom is -0.508 e. The number of phenolic OH excluding ortho intramolecular Hbond substituents is 1. The molecule has 1 unspecified atom stereocenters. The van der Waals surface area contributed by atoms with Gasteiger partial charge in [-0.15, -0.1) is 0 Å². The van der Waals surface area contributed by atoms with Crippen LogP contribution in [0.5, 0.6) is 5.75 Å². The summed E-state index contributed by atoms with van der Waals surface area (Å²) in [6.07, 6.45) is 2.26. The molecule has 0 aromatic heterocycles. The van der Waals surface area contributed by atoms with Gasteiger partial charge in [0.25, 0.3) is 5.91 Å². The molecule has 1 atom stereocenters. The average Bonchev–Trinajstić information content (AvgIpc) is 2.27. The van der Waals surface area contributed by atoms with E-state index in [0.29, 0.717) is 23.7 Å². The van der Waals surface area contributed by atoms with Crippen molar-refractivity contribution in [1.29, 1.82) is 0 Å². The number of hydrogen-bond acceptors (Lipinski definition) is 3. The molecule has 6 heteroatoms. The van der Waals surface area contributed by atoms with Crippen LogP contribution in [0.4, 0.5) is 0 Å². The Labute approximate surface area is 107 Å². The van der Waals surface area contributed by atoms with Crippen LogP contribution in [0.15, 0.2) is 18.2 Å². The second-order valence-electron chi connectivity index (χ2n) is 3.55. The van der Waals surface area contributed by atoms with Gasteiger partial charge in [0.15, 0.2) is 0 Å². The van der Waals surface area contributed by atoms with Crippen molar-refractivity contribution in [2.75, 3.05) is 18.6 Å². The topological polar surface area (TPSA) is 66.4 Å². The molecule has 0 aliphatic rings. The first kappa shape index (κ1) is 14.0. The number of carbonyl (C=O) groups excluding carboxylic acids is 1. The summed E-state index contributed by atoms with van der Waals surface area (Å²) in [6, 6.07) is 4.20. The second kappa shape index (κ2) is 6.61. The Kier molecular flexibility index (Phi) is 5.44. The van der Waals surface area contributed by atoms with Gasteiger partial charge in [-0.3, -0.25) is 9.00 Å². The molecule has 0 bridgehead atoms. The van der Waals surface area contributed by atoms with Crippen molar-refractivity contribution in [3.63, 3.8) is 0 Å². The minimum absolute atomic E-state index is 0.00536. The molecule has 0 aliphatic heterocycles. The van der Waals surface area contributed by atoms with Crippen LogP contribution in [0.1, 0.15) is 16.8 Å². The standard InChI is InChI=1S/C11H14ClNO3S/c1-17(16)6-2-5-13-11(15)9-7-8(14)3-4-10(9)12/h3-4,7,14H,2,5-6H2,1H3,(H,13,15). The summed E-state index contributed by atoms with van der Waals surface area (Å²) in [4.78, 5) is 11.7. The lowest BCUT2D eigenvalue weighted by atomic mass is 10.2. The van der Waals surface area contributed by atoms with Crippen molar-refractivity contribution in [2.45, 2.75) is 6.42 Å². The first-order valence-electron chi connectivity index (χ1n) is 5.07. The molecule has 4 nitrogen and oxygen atoms in total. The quantitative estimate of drug-likeness (QED) is 0.801. The smallest absolute Gasteiger partial charge is 0.252 e. The molecule has 2 N–H and O–H groups in total. The number of halogens is 1. The first-order valence-corrected chi connectivity index (χ1v) is 7.18. The van der Waals surface area contributed by atoms with Gasteiger partial charge in [-0.2, -0.15) is 0 Å². The fourth-order valence-corrected chi connectivity index (χ4v) is 2.01. The summed E-state index contributed by atoms with van der Waals surface area (Å²) in [5.41, 5.74) is 0.240. The fourth-order valence-electron chi connectivity index (χ4n) is 1.26. The predicted octanol–water partition coefficient (Wildman–Crippen LogP) is 1.54. The van der Waals surface area contributed by atoms with Crippen LogP contribution in [-0.4, -0.2) is 33.8 Å². The van der Waals surface area contributed by atoms with E-state index in [1.54, 1.807) is 6.26 Å². The molecular formula is C11H14ClNO3S. The number of amides is 1. The van der Waals surface area contributed by atoms with Gasteiger partial charge in [-0.05, 0) is 24.6 Å². The van der Waals surface area contributed by atoms with Crippen molar-refractivity contribution in [2.24, 2.45) is 0 Å². The lowest BCUT2D eigenvalue weighted by Gasteiger charge is -2.06. The van der Waals surface area contributed by atoms with Crippen molar-refractivity contribution in [3.05, 3.63) is 28.8 Å². The Hall–Kier alpha value is -1.07. The number of nitrogens with one attached hydrogen (secondary N) is 1. The van der Waals surface area contributed by atoms with Gasteiger partial charge >= 0.3 is 0 Å². The highest BCUT2D eigenvalue weighted by molar-refractivity contribution is 7.84. The summed E-state index contributed by atoms with van der Waals surface area (Å²) < 4.78 is 10.8. The molecule has 1 aromatic rings. The highest BCUT2D eigenvalue weighted by atomic mass is 35.5. The maximum atomic E-state index is 11.7. The SMILES string of the molecule is CS(=O)CCCNC(=O)c1cc(O)ccc1Cl. The van der Waals surface area contributed by atoms with Crippen LogP contribution in [0.3, 0.4) is 0 Å². The Balaban J connectivity index is 2.52. The van der Waals surface area contributed by atoms with Crippen LogP contribution < -0.4 is 5.32 Å². The number of aromatic hydroxyl groups is 1. The Morgan fingerprint density at radius 2 is 2.24 bits per heavy atom. The van der Waals surface area contributed by atoms with Crippen LogP contribution in [-0.2, 0) is 10.8 Å². The number of benzene rings is 1. The molecule has 0 spiro atoms. The third-order valence-corrected chi connectivity index (χ3v) is 3.28. The molecule has 0 saturated heterocycles. The molecule has 0 aliphatic carbocycles. The van der Waals surface area contributed by atoms with Crippen molar-refractivity contribution < 1.29 is 14.1 Å². The van der Waals surface area contributed by atoms with E-state index in [9.17, 15) is 14.1 Å². The molecule has 0 radical (unpaired) electrons. The maximum absolute atomic E-state index is 11.7. The van der Waals surface area contributed by atoms with E-state index in [2.05, 4.69) is 5.32 Å². The van der Waals surface area contributed by atoms with Crippen LogP contribution >= 0.6 is 11.6 Å². The van der Waals surface area contributed by atoms with E-state index in [1.807, 2.05) is 0 Å². The molecule has 1 aromatic carbocycles. The molecule has 94 valence electrons. The van der Waals surface area contributed by atoms with E-state index in [-0.39, 0.29) is 17.2 Å². The summed E-state index contributed by atoms with van der Waals surface area (Å²) >= 11 is 5.83. The summed E-state index contributed by atoms with van der Waals surface area (Å²) in [5, 5.41) is 12.2. The van der Waals surface area contributed by atoms with Crippen LogP contribution in [0.2, 0.25) is 5.02 Å². The lowest BCUT2D eigenvalue weighted by Crippen LogP contribution is -2.25. The predicted molar refractivity (Wildman–Crippen MR) is 69.0 cm³/mol. The molecule has 1 rings (SSSR count). The van der Waals surface area contributed by atoms with Crippen LogP contribution in [0, 0.1) is 0 Å². The Morgan fingerprint density at radius 1 is 1.53 bits per heavy atom. The van der Waals surface area contributed by atoms with Crippen molar-refractivity contribution >= 4 is 28.3 Å². The molecular weight excluding hydrogens is 262 g/mol. The highest BCUT2D eigenvalue weighted by Gasteiger charge is 2.10. The van der Waals surface area contributed by atoms with E-state index < -0.39 is 10.8 Å².